The molecule has 0 aliphatic carbocycles. The van der Waals surface area contributed by atoms with Gasteiger partial charge >= 0.3 is 0 Å². The number of rotatable bonds is 0. The lowest BCUT2D eigenvalue weighted by Crippen LogP contribution is -1.73. The summed E-state index contributed by atoms with van der Waals surface area (Å²) in [7, 11) is 0. The van der Waals surface area contributed by atoms with Gasteiger partial charge in [-0.2, -0.15) is 0 Å². The molecule has 3 rings (SSSR count). The lowest BCUT2D eigenvalue weighted by atomic mass is 10.2. The lowest BCUT2D eigenvalue weighted by molar-refractivity contribution is 1.41. The molecule has 0 amide bonds. The molecule has 2 heteroatoms. The van der Waals surface area contributed by atoms with E-state index in [1.807, 2.05) is 60.8 Å². The van der Waals surface area contributed by atoms with Gasteiger partial charge in [0.1, 0.15) is 0 Å². The molecule has 0 aliphatic rings. The maximum atomic E-state index is 4.18. The van der Waals surface area contributed by atoms with Gasteiger partial charge in [0.05, 0.1) is 5.52 Å². The number of aromatic nitrogens is 1. The van der Waals surface area contributed by atoms with Gasteiger partial charge in [0.15, 0.2) is 0 Å². The van der Waals surface area contributed by atoms with Crippen molar-refractivity contribution in [3.8, 4) is 0 Å². The van der Waals surface area contributed by atoms with Gasteiger partial charge in [0.2, 0.25) is 0 Å². The average molecular weight is 279 g/mol. The van der Waals surface area contributed by atoms with Crippen LogP contribution in [0.15, 0.2) is 84.4 Å². The average Bonchev–Trinajstić information content (AvgIpc) is 2.62. The second-order valence-corrected chi connectivity index (χ2v) is 5.34. The van der Waals surface area contributed by atoms with Crippen molar-refractivity contribution in [1.82, 2.24) is 4.98 Å². The highest BCUT2D eigenvalue weighted by atomic mass is 32.1. The van der Waals surface area contributed by atoms with Crippen LogP contribution >= 0.6 is 11.3 Å². The van der Waals surface area contributed by atoms with Gasteiger partial charge in [-0.1, -0.05) is 54.6 Å². The quantitative estimate of drug-likeness (QED) is 0.535. The van der Waals surface area contributed by atoms with Crippen LogP contribution in [0.2, 0.25) is 0 Å². The number of benzene rings is 1. The summed E-state index contributed by atoms with van der Waals surface area (Å²) in [5.41, 5.74) is 1.06. The molecule has 1 aromatic carbocycles. The summed E-state index contributed by atoms with van der Waals surface area (Å²) >= 11 is 1.74. The molecular weight excluding hydrogens is 262 g/mol. The number of fused-ring (bicyclic) bond motifs is 1. The van der Waals surface area contributed by atoms with Crippen LogP contribution in [0.25, 0.3) is 10.9 Å². The molecule has 0 atom stereocenters. The molecule has 1 nitrogen and oxygen atoms in total. The van der Waals surface area contributed by atoms with E-state index < -0.39 is 0 Å². The van der Waals surface area contributed by atoms with Crippen LogP contribution in [-0.2, 0) is 0 Å². The Morgan fingerprint density at radius 1 is 0.750 bits per heavy atom. The largest absolute Gasteiger partial charge is 0.256 e. The highest BCUT2D eigenvalue weighted by molar-refractivity contribution is 7.09. The normalized spacial score (nSPS) is 9.25. The predicted octanol–water partition coefficient (Wildman–Crippen LogP) is 5.42. The molecule has 100 valence electrons. The van der Waals surface area contributed by atoms with Crippen molar-refractivity contribution < 1.29 is 0 Å². The number of nitrogens with zero attached hydrogens (tertiary/aromatic N) is 1. The fourth-order valence-corrected chi connectivity index (χ4v) is 2.17. The Morgan fingerprint density at radius 2 is 1.45 bits per heavy atom. The Bertz CT molecular complexity index is 612. The molecular formula is C18H17NS. The summed E-state index contributed by atoms with van der Waals surface area (Å²) < 4.78 is 0. The molecule has 0 spiro atoms. The third kappa shape index (κ3) is 4.82. The molecule has 0 saturated heterocycles. The Labute approximate surface area is 123 Å². The zero-order valence-electron chi connectivity index (χ0n) is 11.4. The monoisotopic (exact) mass is 279 g/mol. The van der Waals surface area contributed by atoms with Gasteiger partial charge in [-0.05, 0) is 30.5 Å². The van der Waals surface area contributed by atoms with Gasteiger partial charge < -0.3 is 0 Å². The van der Waals surface area contributed by atoms with E-state index in [-0.39, 0.29) is 0 Å². The zero-order valence-corrected chi connectivity index (χ0v) is 12.3. The van der Waals surface area contributed by atoms with E-state index in [0.717, 1.165) is 5.52 Å². The van der Waals surface area contributed by atoms with Crippen molar-refractivity contribution in [2.75, 3.05) is 0 Å². The molecule has 0 bridgehead atoms. The Morgan fingerprint density at radius 3 is 2.35 bits per heavy atom. The van der Waals surface area contributed by atoms with Gasteiger partial charge in [0.25, 0.3) is 0 Å². The van der Waals surface area contributed by atoms with Gasteiger partial charge in [-0.3, -0.25) is 4.98 Å². The third-order valence-electron chi connectivity index (χ3n) is 2.62. The Hall–Kier alpha value is -2.19. The molecule has 3 aromatic rings. The highest BCUT2D eigenvalue weighted by Crippen LogP contribution is 2.07. The van der Waals surface area contributed by atoms with Crippen LogP contribution in [0.4, 0.5) is 0 Å². The summed E-state index contributed by atoms with van der Waals surface area (Å²) in [6.07, 6.45) is 1.81. The number of aryl methyl sites for hydroxylation is 1. The maximum absolute atomic E-state index is 4.18. The van der Waals surface area contributed by atoms with E-state index in [2.05, 4.69) is 35.5 Å². The minimum atomic E-state index is 1.06. The van der Waals surface area contributed by atoms with Crippen LogP contribution < -0.4 is 0 Å². The van der Waals surface area contributed by atoms with E-state index >= 15 is 0 Å². The van der Waals surface area contributed by atoms with Crippen LogP contribution in [-0.4, -0.2) is 4.98 Å². The van der Waals surface area contributed by atoms with Gasteiger partial charge in [-0.25, -0.2) is 0 Å². The van der Waals surface area contributed by atoms with Crippen molar-refractivity contribution in [1.29, 1.82) is 0 Å². The summed E-state index contributed by atoms with van der Waals surface area (Å²) in [4.78, 5) is 5.50. The van der Waals surface area contributed by atoms with Crippen LogP contribution in [0.3, 0.4) is 0 Å². The standard InChI is InChI=1S/C9H7N.C9H10S/c1-2-6-9-8(4-1)5-3-7-10-9;1-9-7-5-3-2-4-6-8-10-9/h1-7H;2-8H,1H3. The summed E-state index contributed by atoms with van der Waals surface area (Å²) in [5, 5.41) is 3.28. The van der Waals surface area contributed by atoms with E-state index in [9.17, 15) is 0 Å². The summed E-state index contributed by atoms with van der Waals surface area (Å²) in [6.45, 7) is 2.10. The predicted molar refractivity (Wildman–Crippen MR) is 88.4 cm³/mol. The van der Waals surface area contributed by atoms with Crippen molar-refractivity contribution in [3.05, 3.63) is 89.3 Å². The fraction of sp³-hybridized carbons (Fsp3) is 0.0556. The second kappa shape index (κ2) is 8.08. The first-order chi connectivity index (χ1) is 9.86. The van der Waals surface area contributed by atoms with Crippen LogP contribution in [0.5, 0.6) is 0 Å². The smallest absolute Gasteiger partial charge is 0.0701 e. The fourth-order valence-electron chi connectivity index (χ4n) is 1.63. The molecule has 0 saturated carbocycles. The maximum Gasteiger partial charge on any atom is 0.0701 e. The highest BCUT2D eigenvalue weighted by Gasteiger charge is 1.86. The third-order valence-corrected chi connectivity index (χ3v) is 3.42. The molecule has 0 N–H and O–H groups in total. The molecule has 2 heterocycles. The first-order valence-corrected chi connectivity index (χ1v) is 7.37. The molecule has 0 aliphatic heterocycles. The topological polar surface area (TPSA) is 12.9 Å². The van der Waals surface area contributed by atoms with Crippen molar-refractivity contribution in [3.63, 3.8) is 0 Å². The van der Waals surface area contributed by atoms with Gasteiger partial charge in [0, 0.05) is 16.5 Å². The zero-order chi connectivity index (χ0) is 14.0. The second-order valence-electron chi connectivity index (χ2n) is 4.19. The number of hydrogen-bond donors (Lipinski definition) is 0. The molecule has 0 unspecified atom stereocenters. The lowest BCUT2D eigenvalue weighted by Gasteiger charge is -1.91. The van der Waals surface area contributed by atoms with E-state index in [1.54, 1.807) is 11.3 Å². The molecule has 0 radical (unpaired) electrons. The van der Waals surface area contributed by atoms with Crippen molar-refractivity contribution >= 4 is 22.2 Å². The van der Waals surface area contributed by atoms with Crippen LogP contribution in [0.1, 0.15) is 4.88 Å². The van der Waals surface area contributed by atoms with Crippen molar-refractivity contribution in [2.45, 2.75) is 6.92 Å². The summed E-state index contributed by atoms with van der Waals surface area (Å²) in [5.74, 6) is 0. The number of pyridine rings is 1. The van der Waals surface area contributed by atoms with Crippen LogP contribution in [0, 0.1) is 6.92 Å². The Balaban J connectivity index is 0.000000147. The first-order valence-electron chi connectivity index (χ1n) is 6.49. The van der Waals surface area contributed by atoms with E-state index in [4.69, 9.17) is 0 Å². The van der Waals surface area contributed by atoms with E-state index in [0.29, 0.717) is 0 Å². The Kier molecular flexibility index (Phi) is 5.74. The number of para-hydroxylation sites is 1. The van der Waals surface area contributed by atoms with E-state index in [1.165, 1.54) is 10.3 Å². The van der Waals surface area contributed by atoms with Crippen molar-refractivity contribution in [2.24, 2.45) is 0 Å². The minimum Gasteiger partial charge on any atom is -0.256 e. The molecule has 0 fully saturated rings. The summed E-state index contributed by atoms with van der Waals surface area (Å²) in [6, 6.07) is 24.3. The molecule has 2 aromatic heterocycles. The SMILES string of the molecule is Cc1cccccccs1.c1ccc2ncccc2c1. The number of hydrogen-bond acceptors (Lipinski definition) is 2. The van der Waals surface area contributed by atoms with Gasteiger partial charge in [-0.15, -0.1) is 11.3 Å². The first kappa shape index (κ1) is 14.2. The molecule has 20 heavy (non-hydrogen) atoms. The minimum absolute atomic E-state index is 1.06.